The van der Waals surface area contributed by atoms with Crippen LogP contribution in [0.15, 0.2) is 0 Å². The quantitative estimate of drug-likeness (QED) is 0.673. The Morgan fingerprint density at radius 1 is 1.58 bits per heavy atom. The van der Waals surface area contributed by atoms with E-state index in [0.717, 1.165) is 12.2 Å². The zero-order chi connectivity index (χ0) is 9.41. The molecule has 1 aliphatic rings. The molecule has 6 heteroatoms. The van der Waals surface area contributed by atoms with Crippen LogP contribution in [0.4, 0.5) is 0 Å². The van der Waals surface area contributed by atoms with Gasteiger partial charge in [0.25, 0.3) is 0 Å². The number of rotatable bonds is 1. The van der Waals surface area contributed by atoms with Crippen molar-refractivity contribution >= 4 is 31.1 Å². The Hall–Kier alpha value is 0.850. The van der Waals surface area contributed by atoms with Gasteiger partial charge in [0.2, 0.25) is 0 Å². The first-order valence-electron chi connectivity index (χ1n) is 3.72. The van der Waals surface area contributed by atoms with Crippen LogP contribution in [0.2, 0.25) is 0 Å². The molecule has 0 aliphatic carbocycles. The summed E-state index contributed by atoms with van der Waals surface area (Å²) in [6, 6.07) is 0. The SMILES string of the molecule is CC1CCSC(C)(P(=O)(O)O)S1. The molecule has 12 heavy (non-hydrogen) atoms. The van der Waals surface area contributed by atoms with Crippen LogP contribution >= 0.6 is 31.1 Å². The predicted octanol–water partition coefficient (Wildman–Crippen LogP) is 2.10. The second-order valence-corrected chi connectivity index (χ2v) is 9.22. The smallest absolute Gasteiger partial charge is 0.323 e. The molecule has 0 bridgehead atoms. The highest BCUT2D eigenvalue weighted by Crippen LogP contribution is 2.65. The molecule has 1 aliphatic heterocycles. The largest absolute Gasteiger partial charge is 0.351 e. The molecule has 0 spiro atoms. The molecule has 2 unspecified atom stereocenters. The van der Waals surface area contributed by atoms with E-state index in [2.05, 4.69) is 0 Å². The van der Waals surface area contributed by atoms with Crippen LogP contribution in [0.5, 0.6) is 0 Å². The van der Waals surface area contributed by atoms with E-state index in [1.807, 2.05) is 6.92 Å². The van der Waals surface area contributed by atoms with Gasteiger partial charge in [0.1, 0.15) is 0 Å². The van der Waals surface area contributed by atoms with Gasteiger partial charge in [0.05, 0.1) is 0 Å². The molecule has 0 aromatic rings. The lowest BCUT2D eigenvalue weighted by atomic mass is 10.4. The highest BCUT2D eigenvalue weighted by atomic mass is 32.2. The van der Waals surface area contributed by atoms with Crippen molar-refractivity contribution in [3.05, 3.63) is 0 Å². The molecule has 2 N–H and O–H groups in total. The zero-order valence-electron chi connectivity index (χ0n) is 7.06. The van der Waals surface area contributed by atoms with Crippen LogP contribution in [0, 0.1) is 0 Å². The minimum absolute atomic E-state index is 0.351. The topological polar surface area (TPSA) is 57.5 Å². The highest BCUT2D eigenvalue weighted by Gasteiger charge is 2.46. The summed E-state index contributed by atoms with van der Waals surface area (Å²) in [5, 5.41) is 0.351. The fourth-order valence-electron chi connectivity index (χ4n) is 1.03. The average molecular weight is 228 g/mol. The summed E-state index contributed by atoms with van der Waals surface area (Å²) >= 11 is 2.77. The first-order valence-corrected chi connectivity index (χ1v) is 7.20. The number of thioether (sulfide) groups is 2. The molecule has 0 saturated carbocycles. The summed E-state index contributed by atoms with van der Waals surface area (Å²) < 4.78 is 10.2. The van der Waals surface area contributed by atoms with E-state index in [1.165, 1.54) is 23.5 Å². The van der Waals surface area contributed by atoms with Gasteiger partial charge in [-0.15, -0.1) is 23.5 Å². The van der Waals surface area contributed by atoms with Crippen LogP contribution in [0.25, 0.3) is 0 Å². The normalized spacial score (nSPS) is 38.2. The van der Waals surface area contributed by atoms with Crippen LogP contribution in [-0.4, -0.2) is 24.6 Å². The molecule has 1 saturated heterocycles. The zero-order valence-corrected chi connectivity index (χ0v) is 9.59. The van der Waals surface area contributed by atoms with E-state index in [0.29, 0.717) is 5.25 Å². The van der Waals surface area contributed by atoms with Crippen molar-refractivity contribution in [1.82, 2.24) is 0 Å². The highest BCUT2D eigenvalue weighted by molar-refractivity contribution is 8.25. The monoisotopic (exact) mass is 228 g/mol. The van der Waals surface area contributed by atoms with Crippen molar-refractivity contribution in [1.29, 1.82) is 0 Å². The number of hydrogen-bond donors (Lipinski definition) is 2. The van der Waals surface area contributed by atoms with E-state index >= 15 is 0 Å². The lowest BCUT2D eigenvalue weighted by Crippen LogP contribution is -2.24. The Bertz CT molecular complexity index is 217. The van der Waals surface area contributed by atoms with Crippen LogP contribution in [-0.2, 0) is 4.57 Å². The first kappa shape index (κ1) is 10.9. The third-order valence-corrected chi connectivity index (χ3v) is 7.73. The Morgan fingerprint density at radius 2 is 2.17 bits per heavy atom. The van der Waals surface area contributed by atoms with Gasteiger partial charge in [-0.25, -0.2) is 0 Å². The summed E-state index contributed by atoms with van der Waals surface area (Å²) in [4.78, 5) is 18.2. The van der Waals surface area contributed by atoms with Crippen molar-refractivity contribution < 1.29 is 14.4 Å². The lowest BCUT2D eigenvalue weighted by molar-refractivity contribution is 0.368. The Kier molecular flexibility index (Phi) is 3.22. The molecule has 0 radical (unpaired) electrons. The predicted molar refractivity (Wildman–Crippen MR) is 54.6 cm³/mol. The lowest BCUT2D eigenvalue weighted by Gasteiger charge is -2.35. The van der Waals surface area contributed by atoms with Crippen molar-refractivity contribution in [2.75, 3.05) is 5.75 Å². The van der Waals surface area contributed by atoms with Crippen molar-refractivity contribution in [2.24, 2.45) is 0 Å². The Labute approximate surface area is 80.9 Å². The van der Waals surface area contributed by atoms with Crippen molar-refractivity contribution in [3.8, 4) is 0 Å². The fraction of sp³-hybridized carbons (Fsp3) is 1.00. The van der Waals surface area contributed by atoms with Gasteiger partial charge < -0.3 is 9.79 Å². The molecule has 3 nitrogen and oxygen atoms in total. The van der Waals surface area contributed by atoms with E-state index in [1.54, 1.807) is 6.92 Å². The summed E-state index contributed by atoms with van der Waals surface area (Å²) in [6.45, 7) is 3.65. The summed E-state index contributed by atoms with van der Waals surface area (Å²) in [5.74, 6) is 0.843. The van der Waals surface area contributed by atoms with E-state index in [4.69, 9.17) is 9.79 Å². The standard InChI is InChI=1S/C6H13O3PS2/c1-5-3-4-11-6(2,12-5)10(7,8)9/h5H,3-4H2,1-2H3,(H2,7,8,9). The van der Waals surface area contributed by atoms with Crippen LogP contribution in [0.3, 0.4) is 0 Å². The summed E-state index contributed by atoms with van der Waals surface area (Å²) in [7, 11) is -3.96. The van der Waals surface area contributed by atoms with E-state index in [9.17, 15) is 4.57 Å². The maximum Gasteiger partial charge on any atom is 0.351 e. The van der Waals surface area contributed by atoms with Crippen molar-refractivity contribution in [3.63, 3.8) is 0 Å². The van der Waals surface area contributed by atoms with Gasteiger partial charge in [-0.3, -0.25) is 4.57 Å². The summed E-state index contributed by atoms with van der Waals surface area (Å²) in [5.41, 5.74) is 0. The third-order valence-electron chi connectivity index (χ3n) is 1.84. The third kappa shape index (κ3) is 2.20. The molecule has 1 rings (SSSR count). The maximum absolute atomic E-state index is 11.1. The second kappa shape index (κ2) is 3.54. The van der Waals surface area contributed by atoms with E-state index in [-0.39, 0.29) is 0 Å². The summed E-state index contributed by atoms with van der Waals surface area (Å²) in [6.07, 6.45) is 1.03. The van der Waals surface area contributed by atoms with Gasteiger partial charge >= 0.3 is 7.60 Å². The van der Waals surface area contributed by atoms with Gasteiger partial charge in [-0.2, -0.15) is 0 Å². The van der Waals surface area contributed by atoms with Crippen LogP contribution < -0.4 is 0 Å². The minimum Gasteiger partial charge on any atom is -0.323 e. The average Bonchev–Trinajstić information content (AvgIpc) is 1.83. The molecule has 0 aromatic carbocycles. The maximum atomic E-state index is 11.1. The molecule has 0 amide bonds. The van der Waals surface area contributed by atoms with Gasteiger partial charge in [-0.05, 0) is 19.1 Å². The Morgan fingerprint density at radius 3 is 2.50 bits per heavy atom. The molecule has 1 fully saturated rings. The Balaban J connectivity index is 2.77. The second-order valence-electron chi connectivity index (χ2n) is 3.01. The molecule has 1 heterocycles. The van der Waals surface area contributed by atoms with Crippen molar-refractivity contribution in [2.45, 2.75) is 29.3 Å². The first-order chi connectivity index (χ1) is 5.35. The molecule has 72 valence electrons. The van der Waals surface area contributed by atoms with Gasteiger partial charge in [0, 0.05) is 5.25 Å². The molecule has 0 aromatic heterocycles. The number of hydrogen-bond acceptors (Lipinski definition) is 3. The van der Waals surface area contributed by atoms with Gasteiger partial charge in [-0.1, -0.05) is 6.92 Å². The molecular formula is C6H13O3PS2. The van der Waals surface area contributed by atoms with Crippen LogP contribution in [0.1, 0.15) is 20.3 Å². The molecule has 2 atom stereocenters. The molecular weight excluding hydrogens is 215 g/mol. The van der Waals surface area contributed by atoms with E-state index < -0.39 is 11.4 Å². The van der Waals surface area contributed by atoms with Gasteiger partial charge in [0.15, 0.2) is 3.82 Å². The fourth-order valence-corrected chi connectivity index (χ4v) is 6.07. The minimum atomic E-state index is -3.96.